The molecule has 78 valence electrons. The van der Waals surface area contributed by atoms with Crippen molar-refractivity contribution in [2.45, 2.75) is 13.0 Å². The lowest BCUT2D eigenvalue weighted by atomic mass is 10.4. The monoisotopic (exact) mass is 206 g/mol. The lowest BCUT2D eigenvalue weighted by Gasteiger charge is -2.14. The fourth-order valence-corrected chi connectivity index (χ4v) is 1.65. The molecule has 0 saturated heterocycles. The normalized spacial score (nSPS) is 15.1. The SMILES string of the molecule is CC(CS(C)=O)NCC(=O)N(C)C. The highest BCUT2D eigenvalue weighted by Gasteiger charge is 2.07. The molecule has 1 N–H and O–H groups in total. The van der Waals surface area contributed by atoms with Crippen molar-refractivity contribution in [3.8, 4) is 0 Å². The van der Waals surface area contributed by atoms with Gasteiger partial charge in [0, 0.05) is 42.9 Å². The third-order valence-corrected chi connectivity index (χ3v) is 2.55. The van der Waals surface area contributed by atoms with Crippen LogP contribution >= 0.6 is 0 Å². The molecule has 0 spiro atoms. The van der Waals surface area contributed by atoms with Crippen LogP contribution in [0.15, 0.2) is 0 Å². The maximum atomic E-state index is 11.1. The van der Waals surface area contributed by atoms with Crippen molar-refractivity contribution in [1.82, 2.24) is 10.2 Å². The second-order valence-electron chi connectivity index (χ2n) is 3.31. The Morgan fingerprint density at radius 3 is 2.46 bits per heavy atom. The van der Waals surface area contributed by atoms with E-state index in [0.29, 0.717) is 12.3 Å². The third kappa shape index (κ3) is 6.72. The quantitative estimate of drug-likeness (QED) is 0.655. The van der Waals surface area contributed by atoms with Gasteiger partial charge in [-0.05, 0) is 6.92 Å². The summed E-state index contributed by atoms with van der Waals surface area (Å²) < 4.78 is 10.8. The molecule has 0 aromatic carbocycles. The van der Waals surface area contributed by atoms with E-state index >= 15 is 0 Å². The Kier molecular flexibility index (Phi) is 5.90. The van der Waals surface area contributed by atoms with Crippen molar-refractivity contribution in [1.29, 1.82) is 0 Å². The predicted molar refractivity (Wildman–Crippen MR) is 55.1 cm³/mol. The van der Waals surface area contributed by atoms with Gasteiger partial charge in [-0.1, -0.05) is 0 Å². The van der Waals surface area contributed by atoms with Gasteiger partial charge in [-0.2, -0.15) is 0 Å². The summed E-state index contributed by atoms with van der Waals surface area (Å²) in [6.45, 7) is 2.23. The minimum Gasteiger partial charge on any atom is -0.348 e. The van der Waals surface area contributed by atoms with Gasteiger partial charge in [0.1, 0.15) is 0 Å². The van der Waals surface area contributed by atoms with Gasteiger partial charge in [0.25, 0.3) is 0 Å². The smallest absolute Gasteiger partial charge is 0.236 e. The molecular formula is C8H18N2O2S. The highest BCUT2D eigenvalue weighted by Crippen LogP contribution is 1.86. The number of rotatable bonds is 5. The van der Waals surface area contributed by atoms with Crippen molar-refractivity contribution in [2.24, 2.45) is 0 Å². The first kappa shape index (κ1) is 12.6. The summed E-state index contributed by atoms with van der Waals surface area (Å²) in [4.78, 5) is 12.7. The highest BCUT2D eigenvalue weighted by molar-refractivity contribution is 7.84. The molecule has 0 saturated carbocycles. The standard InChI is InChI=1S/C8H18N2O2S/c1-7(6-13(4)12)9-5-8(11)10(2)3/h7,9H,5-6H2,1-4H3. The fraction of sp³-hybridized carbons (Fsp3) is 0.875. The molecule has 2 unspecified atom stereocenters. The number of nitrogens with one attached hydrogen (secondary N) is 1. The zero-order chi connectivity index (χ0) is 10.4. The van der Waals surface area contributed by atoms with Crippen molar-refractivity contribution < 1.29 is 9.00 Å². The number of hydrogen-bond acceptors (Lipinski definition) is 3. The number of carbonyl (C=O) groups is 1. The van der Waals surface area contributed by atoms with Gasteiger partial charge in [0.2, 0.25) is 5.91 Å². The molecule has 0 aromatic rings. The van der Waals surface area contributed by atoms with Gasteiger partial charge in [-0.3, -0.25) is 9.00 Å². The summed E-state index contributed by atoms with van der Waals surface area (Å²) in [7, 11) is 2.62. The predicted octanol–water partition coefficient (Wildman–Crippen LogP) is -0.569. The average molecular weight is 206 g/mol. The summed E-state index contributed by atoms with van der Waals surface area (Å²) in [6, 6.07) is 0.120. The lowest BCUT2D eigenvalue weighted by Crippen LogP contribution is -2.39. The third-order valence-electron chi connectivity index (χ3n) is 1.59. The number of nitrogens with zero attached hydrogens (tertiary/aromatic N) is 1. The van der Waals surface area contributed by atoms with E-state index in [0.717, 1.165) is 0 Å². The van der Waals surface area contributed by atoms with E-state index in [1.165, 1.54) is 4.90 Å². The van der Waals surface area contributed by atoms with Crippen LogP contribution < -0.4 is 5.32 Å². The molecule has 0 heterocycles. The van der Waals surface area contributed by atoms with E-state index in [9.17, 15) is 9.00 Å². The first-order valence-electron chi connectivity index (χ1n) is 4.17. The van der Waals surface area contributed by atoms with Crippen LogP contribution in [0.4, 0.5) is 0 Å². The number of hydrogen-bond donors (Lipinski definition) is 1. The van der Waals surface area contributed by atoms with Crippen molar-refractivity contribution in [3.63, 3.8) is 0 Å². The second kappa shape index (κ2) is 6.10. The van der Waals surface area contributed by atoms with E-state index in [1.54, 1.807) is 20.4 Å². The Bertz CT molecular complexity index is 195. The van der Waals surface area contributed by atoms with Crippen LogP contribution in [-0.2, 0) is 15.6 Å². The molecule has 4 nitrogen and oxygen atoms in total. The van der Waals surface area contributed by atoms with Gasteiger partial charge in [0.15, 0.2) is 0 Å². The Morgan fingerprint density at radius 2 is 2.08 bits per heavy atom. The second-order valence-corrected chi connectivity index (χ2v) is 4.79. The van der Waals surface area contributed by atoms with Crippen LogP contribution in [0.2, 0.25) is 0 Å². The maximum absolute atomic E-state index is 11.1. The summed E-state index contributed by atoms with van der Waals surface area (Å²) in [5, 5.41) is 3.01. The molecule has 0 aliphatic rings. The topological polar surface area (TPSA) is 49.4 Å². The van der Waals surface area contributed by atoms with E-state index in [1.807, 2.05) is 6.92 Å². The molecule has 0 radical (unpaired) electrons. The maximum Gasteiger partial charge on any atom is 0.236 e. The molecule has 2 atom stereocenters. The minimum atomic E-state index is -0.808. The zero-order valence-corrected chi connectivity index (χ0v) is 9.48. The Labute approximate surface area is 82.1 Å². The molecule has 0 bridgehead atoms. The fourth-order valence-electron chi connectivity index (χ4n) is 0.831. The molecule has 0 aromatic heterocycles. The molecule has 0 rings (SSSR count). The Morgan fingerprint density at radius 1 is 1.54 bits per heavy atom. The van der Waals surface area contributed by atoms with Crippen LogP contribution in [0, 0.1) is 0 Å². The van der Waals surface area contributed by atoms with Crippen LogP contribution in [0.1, 0.15) is 6.92 Å². The molecule has 1 amide bonds. The minimum absolute atomic E-state index is 0.0359. The van der Waals surface area contributed by atoms with Gasteiger partial charge >= 0.3 is 0 Å². The van der Waals surface area contributed by atoms with Crippen molar-refractivity contribution >= 4 is 16.7 Å². The van der Waals surface area contributed by atoms with Crippen molar-refractivity contribution in [3.05, 3.63) is 0 Å². The van der Waals surface area contributed by atoms with E-state index in [2.05, 4.69) is 5.32 Å². The van der Waals surface area contributed by atoms with Gasteiger partial charge in [-0.25, -0.2) is 0 Å². The summed E-state index contributed by atoms with van der Waals surface area (Å²) in [5.74, 6) is 0.620. The van der Waals surface area contributed by atoms with Gasteiger partial charge in [-0.15, -0.1) is 0 Å². The van der Waals surface area contributed by atoms with Crippen LogP contribution in [0.25, 0.3) is 0 Å². The number of carbonyl (C=O) groups excluding carboxylic acids is 1. The van der Waals surface area contributed by atoms with Crippen LogP contribution in [0.3, 0.4) is 0 Å². The van der Waals surface area contributed by atoms with Crippen molar-refractivity contribution in [2.75, 3.05) is 32.6 Å². The molecular weight excluding hydrogens is 188 g/mol. The zero-order valence-electron chi connectivity index (χ0n) is 8.66. The number of amides is 1. The molecule has 13 heavy (non-hydrogen) atoms. The molecule has 0 aliphatic heterocycles. The molecule has 5 heteroatoms. The Hall–Kier alpha value is -0.420. The van der Waals surface area contributed by atoms with E-state index < -0.39 is 10.8 Å². The molecule has 0 fully saturated rings. The summed E-state index contributed by atoms with van der Waals surface area (Å²) in [6.07, 6.45) is 1.66. The van der Waals surface area contributed by atoms with E-state index in [4.69, 9.17) is 0 Å². The first-order chi connectivity index (χ1) is 5.93. The summed E-state index contributed by atoms with van der Waals surface area (Å²) in [5.41, 5.74) is 0. The first-order valence-corrected chi connectivity index (χ1v) is 5.89. The van der Waals surface area contributed by atoms with Gasteiger partial charge < -0.3 is 10.2 Å². The van der Waals surface area contributed by atoms with Crippen LogP contribution in [-0.4, -0.2) is 53.7 Å². The summed E-state index contributed by atoms with van der Waals surface area (Å²) >= 11 is 0. The average Bonchev–Trinajstić information content (AvgIpc) is 1.98. The van der Waals surface area contributed by atoms with Gasteiger partial charge in [0.05, 0.1) is 6.54 Å². The lowest BCUT2D eigenvalue weighted by molar-refractivity contribution is -0.127. The van der Waals surface area contributed by atoms with E-state index in [-0.39, 0.29) is 11.9 Å². The van der Waals surface area contributed by atoms with Crippen LogP contribution in [0.5, 0.6) is 0 Å². The Balaban J connectivity index is 3.63. The highest BCUT2D eigenvalue weighted by atomic mass is 32.2. The molecule has 0 aliphatic carbocycles. The number of likely N-dealkylation sites (N-methyl/N-ethyl adjacent to an activating group) is 1. The largest absolute Gasteiger partial charge is 0.348 e.